The zero-order valence-electron chi connectivity index (χ0n) is 7.45. The van der Waals surface area contributed by atoms with Gasteiger partial charge in [0.15, 0.2) is 11.5 Å². The Morgan fingerprint density at radius 3 is 2.54 bits per heavy atom. The number of benzene rings is 1. The highest BCUT2D eigenvalue weighted by Gasteiger charge is 2.42. The highest BCUT2D eigenvalue weighted by atomic mass is 16.5. The van der Waals surface area contributed by atoms with Gasteiger partial charge < -0.3 is 14.9 Å². The Balaban J connectivity index is 2.36. The summed E-state index contributed by atoms with van der Waals surface area (Å²) < 4.78 is 4.90. The molecule has 3 nitrogen and oxygen atoms in total. The molecule has 0 heterocycles. The van der Waals surface area contributed by atoms with Gasteiger partial charge in [0, 0.05) is 0 Å². The molecule has 13 heavy (non-hydrogen) atoms. The summed E-state index contributed by atoms with van der Waals surface area (Å²) in [7, 11) is 1.50. The summed E-state index contributed by atoms with van der Waals surface area (Å²) >= 11 is 0. The molecule has 0 aromatic heterocycles. The first-order valence-electron chi connectivity index (χ1n) is 4.25. The summed E-state index contributed by atoms with van der Waals surface area (Å²) in [5, 5.41) is 19.2. The van der Waals surface area contributed by atoms with Gasteiger partial charge in [0.1, 0.15) is 0 Å². The quantitative estimate of drug-likeness (QED) is 0.723. The van der Waals surface area contributed by atoms with E-state index in [0.717, 1.165) is 18.4 Å². The third-order valence-corrected chi connectivity index (χ3v) is 2.44. The van der Waals surface area contributed by atoms with Crippen LogP contribution in [0.5, 0.6) is 11.5 Å². The monoisotopic (exact) mass is 180 g/mol. The summed E-state index contributed by atoms with van der Waals surface area (Å²) in [5.41, 5.74) is 0.0785. The van der Waals surface area contributed by atoms with Crippen LogP contribution < -0.4 is 4.74 Å². The topological polar surface area (TPSA) is 49.7 Å². The van der Waals surface area contributed by atoms with Crippen LogP contribution in [0.1, 0.15) is 18.4 Å². The smallest absolute Gasteiger partial charge is 0.160 e. The van der Waals surface area contributed by atoms with Crippen LogP contribution in [0.15, 0.2) is 18.2 Å². The summed E-state index contributed by atoms with van der Waals surface area (Å²) in [5.74, 6) is 0.522. The van der Waals surface area contributed by atoms with Gasteiger partial charge >= 0.3 is 0 Å². The summed E-state index contributed by atoms with van der Waals surface area (Å²) in [6.45, 7) is 0. The molecule has 1 aliphatic carbocycles. The lowest BCUT2D eigenvalue weighted by molar-refractivity contribution is 0.151. The van der Waals surface area contributed by atoms with E-state index in [1.165, 1.54) is 7.11 Å². The van der Waals surface area contributed by atoms with Crippen LogP contribution in [-0.2, 0) is 5.60 Å². The first-order valence-corrected chi connectivity index (χ1v) is 4.25. The molecule has 1 aromatic carbocycles. The van der Waals surface area contributed by atoms with Crippen molar-refractivity contribution in [2.75, 3.05) is 7.11 Å². The molecule has 70 valence electrons. The molecule has 0 aliphatic heterocycles. The SMILES string of the molecule is COc1ccc(C2(O)CC2)cc1O. The van der Waals surface area contributed by atoms with Gasteiger partial charge in [-0.25, -0.2) is 0 Å². The zero-order valence-corrected chi connectivity index (χ0v) is 7.45. The van der Waals surface area contributed by atoms with Crippen LogP contribution in [0.25, 0.3) is 0 Å². The minimum atomic E-state index is -0.691. The maximum absolute atomic E-state index is 9.74. The minimum Gasteiger partial charge on any atom is -0.504 e. The lowest BCUT2D eigenvalue weighted by Crippen LogP contribution is -2.03. The number of hydrogen-bond acceptors (Lipinski definition) is 3. The molecular formula is C10H12O3. The molecule has 0 unspecified atom stereocenters. The summed E-state index contributed by atoms with van der Waals surface area (Å²) in [6, 6.07) is 5.01. The van der Waals surface area contributed by atoms with Crippen molar-refractivity contribution in [3.05, 3.63) is 23.8 Å². The molecular weight excluding hydrogens is 168 g/mol. The van der Waals surface area contributed by atoms with Crippen LogP contribution in [0.2, 0.25) is 0 Å². The number of ether oxygens (including phenoxy) is 1. The average molecular weight is 180 g/mol. The third kappa shape index (κ3) is 1.35. The molecule has 1 aromatic rings. The minimum absolute atomic E-state index is 0.0836. The van der Waals surface area contributed by atoms with Crippen molar-refractivity contribution in [2.45, 2.75) is 18.4 Å². The van der Waals surface area contributed by atoms with Crippen molar-refractivity contribution < 1.29 is 14.9 Å². The molecule has 1 saturated carbocycles. The first-order chi connectivity index (χ1) is 6.15. The van der Waals surface area contributed by atoms with Crippen LogP contribution in [-0.4, -0.2) is 17.3 Å². The van der Waals surface area contributed by atoms with Crippen molar-refractivity contribution in [3.63, 3.8) is 0 Å². The van der Waals surface area contributed by atoms with Crippen molar-refractivity contribution in [1.82, 2.24) is 0 Å². The maximum Gasteiger partial charge on any atom is 0.160 e. The molecule has 1 aliphatic rings. The van der Waals surface area contributed by atoms with Gasteiger partial charge in [0.2, 0.25) is 0 Å². The third-order valence-electron chi connectivity index (χ3n) is 2.44. The van der Waals surface area contributed by atoms with Crippen LogP contribution >= 0.6 is 0 Å². The van der Waals surface area contributed by atoms with Gasteiger partial charge in [-0.3, -0.25) is 0 Å². The van der Waals surface area contributed by atoms with Gasteiger partial charge in [-0.15, -0.1) is 0 Å². The first kappa shape index (κ1) is 8.38. The maximum atomic E-state index is 9.74. The van der Waals surface area contributed by atoms with Gasteiger partial charge in [-0.05, 0) is 30.5 Å². The molecule has 0 amide bonds. The van der Waals surface area contributed by atoms with E-state index in [1.807, 2.05) is 0 Å². The Morgan fingerprint density at radius 2 is 2.08 bits per heavy atom. The Hall–Kier alpha value is -1.22. The zero-order chi connectivity index (χ0) is 9.47. The summed E-state index contributed by atoms with van der Waals surface area (Å²) in [6.07, 6.45) is 1.55. The van der Waals surface area contributed by atoms with Crippen LogP contribution in [0.3, 0.4) is 0 Å². The van der Waals surface area contributed by atoms with Gasteiger partial charge in [-0.1, -0.05) is 6.07 Å². The number of aliphatic hydroxyl groups is 1. The fourth-order valence-corrected chi connectivity index (χ4v) is 1.39. The van der Waals surface area contributed by atoms with Gasteiger partial charge in [0.05, 0.1) is 12.7 Å². The van der Waals surface area contributed by atoms with E-state index in [9.17, 15) is 10.2 Å². The second kappa shape index (κ2) is 2.64. The van der Waals surface area contributed by atoms with E-state index in [1.54, 1.807) is 18.2 Å². The number of phenols is 1. The number of aromatic hydroxyl groups is 1. The molecule has 0 spiro atoms. The lowest BCUT2D eigenvalue weighted by atomic mass is 10.1. The van der Waals surface area contributed by atoms with E-state index in [-0.39, 0.29) is 5.75 Å². The predicted octanol–water partition coefficient (Wildman–Crippen LogP) is 1.38. The summed E-state index contributed by atoms with van der Waals surface area (Å²) in [4.78, 5) is 0. The molecule has 0 bridgehead atoms. The molecule has 2 N–H and O–H groups in total. The average Bonchev–Trinajstić information content (AvgIpc) is 2.85. The highest BCUT2D eigenvalue weighted by molar-refractivity contribution is 5.44. The lowest BCUT2D eigenvalue weighted by Gasteiger charge is -2.10. The van der Waals surface area contributed by atoms with Crippen LogP contribution in [0, 0.1) is 0 Å². The van der Waals surface area contributed by atoms with Crippen molar-refractivity contribution in [2.24, 2.45) is 0 Å². The highest BCUT2D eigenvalue weighted by Crippen LogP contribution is 2.46. The second-order valence-electron chi connectivity index (χ2n) is 3.42. The van der Waals surface area contributed by atoms with Crippen molar-refractivity contribution in [1.29, 1.82) is 0 Å². The second-order valence-corrected chi connectivity index (χ2v) is 3.42. The normalized spacial score (nSPS) is 18.3. The van der Waals surface area contributed by atoms with Gasteiger partial charge in [0.25, 0.3) is 0 Å². The Morgan fingerprint density at radius 1 is 1.38 bits per heavy atom. The van der Waals surface area contributed by atoms with Crippen molar-refractivity contribution in [3.8, 4) is 11.5 Å². The Kier molecular flexibility index (Phi) is 1.70. The largest absolute Gasteiger partial charge is 0.504 e. The van der Waals surface area contributed by atoms with Gasteiger partial charge in [-0.2, -0.15) is 0 Å². The van der Waals surface area contributed by atoms with E-state index in [4.69, 9.17) is 4.74 Å². The number of phenolic OH excluding ortho intramolecular Hbond substituents is 1. The molecule has 3 heteroatoms. The van der Waals surface area contributed by atoms with E-state index >= 15 is 0 Å². The number of rotatable bonds is 2. The molecule has 2 rings (SSSR count). The Labute approximate surface area is 76.6 Å². The van der Waals surface area contributed by atoms with E-state index in [0.29, 0.717) is 5.75 Å². The van der Waals surface area contributed by atoms with E-state index in [2.05, 4.69) is 0 Å². The molecule has 0 saturated heterocycles. The molecule has 1 fully saturated rings. The van der Waals surface area contributed by atoms with Crippen molar-refractivity contribution >= 4 is 0 Å². The van der Waals surface area contributed by atoms with E-state index < -0.39 is 5.60 Å². The number of methoxy groups -OCH3 is 1. The standard InChI is InChI=1S/C10H12O3/c1-13-9-3-2-7(6-8(9)11)10(12)4-5-10/h2-3,6,11-12H,4-5H2,1H3. The molecule has 0 atom stereocenters. The molecule has 0 radical (unpaired) electrons. The number of hydrogen-bond donors (Lipinski definition) is 2. The fourth-order valence-electron chi connectivity index (χ4n) is 1.39. The predicted molar refractivity (Wildman–Crippen MR) is 47.8 cm³/mol. The fraction of sp³-hybridized carbons (Fsp3) is 0.400. The van der Waals surface area contributed by atoms with Crippen LogP contribution in [0.4, 0.5) is 0 Å². The Bertz CT molecular complexity index is 329.